The van der Waals surface area contributed by atoms with Crippen molar-refractivity contribution in [2.45, 2.75) is 13.0 Å². The van der Waals surface area contributed by atoms with Crippen LogP contribution in [0.5, 0.6) is 11.5 Å². The summed E-state index contributed by atoms with van der Waals surface area (Å²) in [4.78, 5) is 0. The third-order valence-electron chi connectivity index (χ3n) is 2.89. The van der Waals surface area contributed by atoms with E-state index in [0.29, 0.717) is 24.7 Å². The van der Waals surface area contributed by atoms with E-state index in [-0.39, 0.29) is 24.6 Å². The van der Waals surface area contributed by atoms with Crippen LogP contribution in [0.1, 0.15) is 12.0 Å². The molecule has 0 amide bonds. The zero-order chi connectivity index (χ0) is 15.1. The van der Waals surface area contributed by atoms with Crippen LogP contribution in [-0.4, -0.2) is 13.2 Å². The Morgan fingerprint density at radius 3 is 1.95 bits per heavy atom. The number of ether oxygens (including phenoxy) is 2. The van der Waals surface area contributed by atoms with Gasteiger partial charge in [-0.05, 0) is 49.4 Å². The molecule has 3 nitrogen and oxygen atoms in total. The van der Waals surface area contributed by atoms with E-state index in [2.05, 4.69) is 0 Å². The minimum atomic E-state index is -0.614. The lowest BCUT2D eigenvalue weighted by Gasteiger charge is -2.09. The molecule has 0 aromatic heterocycles. The van der Waals surface area contributed by atoms with Gasteiger partial charge >= 0.3 is 0 Å². The van der Waals surface area contributed by atoms with Crippen molar-refractivity contribution in [3.8, 4) is 11.5 Å². The van der Waals surface area contributed by atoms with Crippen LogP contribution in [0.3, 0.4) is 0 Å². The van der Waals surface area contributed by atoms with Crippen LogP contribution in [0.25, 0.3) is 0 Å². The zero-order valence-electron chi connectivity index (χ0n) is 11.9. The Bertz CT molecular complexity index is 559. The van der Waals surface area contributed by atoms with Gasteiger partial charge in [-0.3, -0.25) is 0 Å². The first-order chi connectivity index (χ1) is 10.2. The lowest BCUT2D eigenvalue weighted by molar-refractivity contribution is 0.289. The summed E-state index contributed by atoms with van der Waals surface area (Å²) >= 11 is 0. The van der Waals surface area contributed by atoms with Gasteiger partial charge in [0, 0.05) is 0 Å². The van der Waals surface area contributed by atoms with Crippen LogP contribution >= 0.6 is 12.4 Å². The highest BCUT2D eigenvalue weighted by Crippen LogP contribution is 2.20. The zero-order valence-corrected chi connectivity index (χ0v) is 12.7. The maximum Gasteiger partial charge on any atom is 0.132 e. The first-order valence-electron chi connectivity index (χ1n) is 6.69. The fourth-order valence-corrected chi connectivity index (χ4v) is 1.73. The molecule has 120 valence electrons. The molecule has 0 aliphatic heterocycles. The molecule has 0 bridgehead atoms. The van der Waals surface area contributed by atoms with Gasteiger partial charge in [0.1, 0.15) is 29.7 Å². The van der Waals surface area contributed by atoms with Crippen LogP contribution in [0.4, 0.5) is 8.78 Å². The molecule has 0 heterocycles. The van der Waals surface area contributed by atoms with Gasteiger partial charge in [0.15, 0.2) is 0 Å². The van der Waals surface area contributed by atoms with Gasteiger partial charge in [-0.2, -0.15) is 0 Å². The number of halogens is 3. The molecule has 0 radical (unpaired) electrons. The predicted octanol–water partition coefficient (Wildman–Crippen LogP) is 3.69. The monoisotopic (exact) mass is 329 g/mol. The average molecular weight is 330 g/mol. The number of hydrogen-bond donors (Lipinski definition) is 1. The summed E-state index contributed by atoms with van der Waals surface area (Å²) in [5.41, 5.74) is 5.29. The second kappa shape index (κ2) is 9.23. The molecule has 0 aliphatic rings. The van der Waals surface area contributed by atoms with Gasteiger partial charge in [-0.1, -0.05) is 6.07 Å². The Hall–Kier alpha value is -1.85. The van der Waals surface area contributed by atoms with E-state index in [0.717, 1.165) is 6.42 Å². The summed E-state index contributed by atoms with van der Waals surface area (Å²) in [5, 5.41) is 0. The molecule has 2 rings (SSSR count). The Kier molecular flexibility index (Phi) is 7.63. The maximum atomic E-state index is 13.4. The highest BCUT2D eigenvalue weighted by Gasteiger charge is 2.08. The van der Waals surface area contributed by atoms with E-state index in [1.54, 1.807) is 24.3 Å². The Balaban J connectivity index is 0.00000242. The number of rotatable bonds is 7. The van der Waals surface area contributed by atoms with Crippen LogP contribution in [0, 0.1) is 11.6 Å². The summed E-state index contributed by atoms with van der Waals surface area (Å²) < 4.78 is 37.7. The van der Waals surface area contributed by atoms with Crippen molar-refractivity contribution in [2.75, 3.05) is 13.2 Å². The predicted molar refractivity (Wildman–Crippen MR) is 83.5 cm³/mol. The minimum absolute atomic E-state index is 0. The largest absolute Gasteiger partial charge is 0.494 e. The number of hydrogen-bond acceptors (Lipinski definition) is 3. The molecule has 0 unspecified atom stereocenters. The highest BCUT2D eigenvalue weighted by atomic mass is 35.5. The summed E-state index contributed by atoms with van der Waals surface area (Å²) in [6.07, 6.45) is 0.783. The molecule has 2 N–H and O–H groups in total. The van der Waals surface area contributed by atoms with E-state index in [9.17, 15) is 8.78 Å². The fourth-order valence-electron chi connectivity index (χ4n) is 1.73. The molecule has 2 aromatic carbocycles. The Morgan fingerprint density at radius 1 is 0.864 bits per heavy atom. The molecule has 6 heteroatoms. The van der Waals surface area contributed by atoms with E-state index in [4.69, 9.17) is 15.2 Å². The van der Waals surface area contributed by atoms with Crippen molar-refractivity contribution in [2.24, 2.45) is 5.73 Å². The van der Waals surface area contributed by atoms with Crippen LogP contribution in [0.2, 0.25) is 0 Å². The van der Waals surface area contributed by atoms with Gasteiger partial charge in [0.25, 0.3) is 0 Å². The van der Waals surface area contributed by atoms with Crippen molar-refractivity contribution in [3.05, 3.63) is 59.7 Å². The van der Waals surface area contributed by atoms with Crippen LogP contribution in [0.15, 0.2) is 42.5 Å². The molecular formula is C16H18ClF2NO2. The second-order valence-electron chi connectivity index (χ2n) is 4.45. The molecule has 2 aromatic rings. The lowest BCUT2D eigenvalue weighted by atomic mass is 10.2. The molecular weight excluding hydrogens is 312 g/mol. The van der Waals surface area contributed by atoms with Crippen molar-refractivity contribution in [1.29, 1.82) is 0 Å². The standard InChI is InChI=1S/C16H17F2NO2.ClH/c17-15-3-1-4-16(18)14(15)11-21-13-7-5-12(6-8-13)20-10-2-9-19;/h1,3-8H,2,9-11,19H2;1H. The second-order valence-corrected chi connectivity index (χ2v) is 4.45. The van der Waals surface area contributed by atoms with E-state index in [1.165, 1.54) is 18.2 Å². The Labute approximate surface area is 134 Å². The molecule has 0 saturated carbocycles. The normalized spacial score (nSPS) is 9.95. The third kappa shape index (κ3) is 5.16. The van der Waals surface area contributed by atoms with Crippen molar-refractivity contribution < 1.29 is 18.3 Å². The minimum Gasteiger partial charge on any atom is -0.494 e. The average Bonchev–Trinajstić information content (AvgIpc) is 2.48. The van der Waals surface area contributed by atoms with E-state index >= 15 is 0 Å². The van der Waals surface area contributed by atoms with E-state index in [1.807, 2.05) is 0 Å². The van der Waals surface area contributed by atoms with Crippen molar-refractivity contribution in [3.63, 3.8) is 0 Å². The van der Waals surface area contributed by atoms with Crippen LogP contribution < -0.4 is 15.2 Å². The third-order valence-corrected chi connectivity index (χ3v) is 2.89. The summed E-state index contributed by atoms with van der Waals surface area (Å²) in [5.74, 6) is -0.00910. The molecule has 0 saturated heterocycles. The molecule has 0 spiro atoms. The van der Waals surface area contributed by atoms with Crippen molar-refractivity contribution in [1.82, 2.24) is 0 Å². The highest BCUT2D eigenvalue weighted by molar-refractivity contribution is 5.85. The first-order valence-corrected chi connectivity index (χ1v) is 6.69. The Morgan fingerprint density at radius 2 is 1.41 bits per heavy atom. The number of nitrogens with two attached hydrogens (primary N) is 1. The molecule has 22 heavy (non-hydrogen) atoms. The molecule has 0 aliphatic carbocycles. The summed E-state index contributed by atoms with van der Waals surface area (Å²) in [6.45, 7) is 0.971. The van der Waals surface area contributed by atoms with Gasteiger partial charge in [0.2, 0.25) is 0 Å². The lowest BCUT2D eigenvalue weighted by Crippen LogP contribution is -2.06. The van der Waals surface area contributed by atoms with Gasteiger partial charge < -0.3 is 15.2 Å². The smallest absolute Gasteiger partial charge is 0.132 e. The fraction of sp³-hybridized carbons (Fsp3) is 0.250. The van der Waals surface area contributed by atoms with Crippen molar-refractivity contribution >= 4 is 12.4 Å². The van der Waals surface area contributed by atoms with Gasteiger partial charge in [0.05, 0.1) is 12.2 Å². The van der Waals surface area contributed by atoms with Gasteiger partial charge in [-0.25, -0.2) is 8.78 Å². The first kappa shape index (κ1) is 18.2. The molecule has 0 fully saturated rings. The summed E-state index contributed by atoms with van der Waals surface area (Å²) in [7, 11) is 0. The quantitative estimate of drug-likeness (QED) is 0.788. The van der Waals surface area contributed by atoms with Crippen LogP contribution in [-0.2, 0) is 6.61 Å². The maximum absolute atomic E-state index is 13.4. The SMILES string of the molecule is Cl.NCCCOc1ccc(OCc2c(F)cccc2F)cc1. The number of benzene rings is 2. The summed E-state index contributed by atoms with van der Waals surface area (Å²) in [6, 6.07) is 10.6. The molecule has 0 atom stereocenters. The van der Waals surface area contributed by atoms with Gasteiger partial charge in [-0.15, -0.1) is 12.4 Å². The van der Waals surface area contributed by atoms with E-state index < -0.39 is 11.6 Å². The topological polar surface area (TPSA) is 44.5 Å².